The second-order valence-electron chi connectivity index (χ2n) is 4.67. The molecule has 3 rings (SSSR count). The maximum absolute atomic E-state index is 11.4. The van der Waals surface area contributed by atoms with Crippen molar-refractivity contribution < 1.29 is 0 Å². The van der Waals surface area contributed by atoms with Gasteiger partial charge in [0.05, 0.1) is 20.9 Å². The van der Waals surface area contributed by atoms with Crippen molar-refractivity contribution in [2.75, 3.05) is 6.54 Å². The lowest BCUT2D eigenvalue weighted by molar-refractivity contribution is 0.631. The van der Waals surface area contributed by atoms with Crippen molar-refractivity contribution in [3.05, 3.63) is 53.4 Å². The minimum absolute atomic E-state index is 0.0785. The zero-order valence-corrected chi connectivity index (χ0v) is 15.2. The number of imidazole rings is 1. The molecular formula is C14H13Br2N3OS. The lowest BCUT2D eigenvalue weighted by atomic mass is 10.0. The SMILES string of the molecule is CCNC(c1csc(Br)c1)c1cc2[nH]c(=O)[nH]c2cc1Br. The number of hydrogen-bond acceptors (Lipinski definition) is 3. The fourth-order valence-corrected chi connectivity index (χ4v) is 4.15. The molecule has 0 amide bonds. The van der Waals surface area contributed by atoms with Gasteiger partial charge in [0.15, 0.2) is 0 Å². The van der Waals surface area contributed by atoms with Crippen LogP contribution in [-0.4, -0.2) is 16.5 Å². The number of aromatic nitrogens is 2. The number of halogens is 2. The van der Waals surface area contributed by atoms with Crippen molar-refractivity contribution in [1.29, 1.82) is 0 Å². The Morgan fingerprint density at radius 3 is 2.57 bits per heavy atom. The Labute approximate surface area is 142 Å². The van der Waals surface area contributed by atoms with Crippen molar-refractivity contribution in [3.8, 4) is 0 Å². The molecular weight excluding hydrogens is 418 g/mol. The van der Waals surface area contributed by atoms with Gasteiger partial charge in [-0.15, -0.1) is 11.3 Å². The molecule has 2 heterocycles. The van der Waals surface area contributed by atoms with E-state index in [9.17, 15) is 4.79 Å². The Morgan fingerprint density at radius 2 is 1.95 bits per heavy atom. The Kier molecular flexibility index (Phi) is 4.35. The highest BCUT2D eigenvalue weighted by atomic mass is 79.9. The van der Waals surface area contributed by atoms with Crippen LogP contribution in [0.4, 0.5) is 0 Å². The predicted octanol–water partition coefficient (Wildman–Crippen LogP) is 4.14. The summed E-state index contributed by atoms with van der Waals surface area (Å²) < 4.78 is 2.08. The first-order valence-corrected chi connectivity index (χ1v) is 8.93. The first-order chi connectivity index (χ1) is 10.1. The molecule has 0 saturated heterocycles. The Morgan fingerprint density at radius 1 is 1.24 bits per heavy atom. The molecule has 1 atom stereocenters. The monoisotopic (exact) mass is 429 g/mol. The third kappa shape index (κ3) is 3.01. The summed E-state index contributed by atoms with van der Waals surface area (Å²) >= 11 is 8.79. The lowest BCUT2D eigenvalue weighted by Crippen LogP contribution is -2.21. The zero-order valence-electron chi connectivity index (χ0n) is 11.2. The Balaban J connectivity index is 2.14. The molecule has 1 aromatic carbocycles. The van der Waals surface area contributed by atoms with E-state index in [1.54, 1.807) is 11.3 Å². The number of nitrogens with one attached hydrogen (secondary N) is 3. The maximum atomic E-state index is 11.4. The van der Waals surface area contributed by atoms with Gasteiger partial charge in [-0.2, -0.15) is 0 Å². The first kappa shape index (κ1) is 15.0. The number of aromatic amines is 2. The molecule has 110 valence electrons. The number of thiophene rings is 1. The largest absolute Gasteiger partial charge is 0.323 e. The Hall–Kier alpha value is -0.890. The van der Waals surface area contributed by atoms with Gasteiger partial charge in [-0.05, 0) is 57.2 Å². The molecule has 0 spiro atoms. The number of H-pyrrole nitrogens is 2. The standard InChI is InChI=1S/C14H13Br2N3OS/c1-2-17-13(7-3-12(16)21-6-7)8-4-10-11(5-9(8)15)19-14(20)18-10/h3-6,13,17H,2H2,1H3,(H2,18,19,20). The minimum atomic E-state index is -0.188. The van der Waals surface area contributed by atoms with Crippen LogP contribution in [0.3, 0.4) is 0 Å². The maximum Gasteiger partial charge on any atom is 0.323 e. The van der Waals surface area contributed by atoms with Gasteiger partial charge in [-0.3, -0.25) is 0 Å². The quantitative estimate of drug-likeness (QED) is 0.582. The highest BCUT2D eigenvalue weighted by Crippen LogP contribution is 2.34. The molecule has 3 N–H and O–H groups in total. The molecule has 1 unspecified atom stereocenters. The molecule has 0 aliphatic heterocycles. The van der Waals surface area contributed by atoms with Gasteiger partial charge >= 0.3 is 5.69 Å². The van der Waals surface area contributed by atoms with Crippen molar-refractivity contribution in [3.63, 3.8) is 0 Å². The van der Waals surface area contributed by atoms with Crippen LogP contribution in [0.5, 0.6) is 0 Å². The summed E-state index contributed by atoms with van der Waals surface area (Å²) in [6.45, 7) is 2.94. The molecule has 0 aliphatic rings. The van der Waals surface area contributed by atoms with Gasteiger partial charge in [0.2, 0.25) is 0 Å². The summed E-state index contributed by atoms with van der Waals surface area (Å²) in [5.74, 6) is 0. The van der Waals surface area contributed by atoms with E-state index in [1.165, 1.54) is 5.56 Å². The van der Waals surface area contributed by atoms with Gasteiger partial charge in [-0.1, -0.05) is 22.9 Å². The molecule has 0 bridgehead atoms. The van der Waals surface area contributed by atoms with Gasteiger partial charge in [0, 0.05) is 4.47 Å². The van der Waals surface area contributed by atoms with Crippen molar-refractivity contribution >= 4 is 54.2 Å². The third-order valence-corrected chi connectivity index (χ3v) is 5.48. The predicted molar refractivity (Wildman–Crippen MR) is 94.2 cm³/mol. The van der Waals surface area contributed by atoms with E-state index in [-0.39, 0.29) is 11.7 Å². The fourth-order valence-electron chi connectivity index (χ4n) is 2.38. The minimum Gasteiger partial charge on any atom is -0.306 e. The normalized spacial score (nSPS) is 12.9. The molecule has 3 aromatic rings. The smallest absolute Gasteiger partial charge is 0.306 e. The number of benzene rings is 1. The van der Waals surface area contributed by atoms with Crippen LogP contribution in [0.15, 0.2) is 36.6 Å². The van der Waals surface area contributed by atoms with Crippen LogP contribution < -0.4 is 11.0 Å². The molecule has 0 fully saturated rings. The molecule has 0 radical (unpaired) electrons. The van der Waals surface area contributed by atoms with E-state index in [2.05, 4.69) is 65.5 Å². The molecule has 21 heavy (non-hydrogen) atoms. The molecule has 0 aliphatic carbocycles. The van der Waals surface area contributed by atoms with Crippen LogP contribution in [-0.2, 0) is 0 Å². The van der Waals surface area contributed by atoms with Crippen LogP contribution in [0, 0.1) is 0 Å². The van der Waals surface area contributed by atoms with Crippen LogP contribution in [0.25, 0.3) is 11.0 Å². The average Bonchev–Trinajstić information content (AvgIpc) is 3.00. The van der Waals surface area contributed by atoms with Crippen LogP contribution >= 0.6 is 43.2 Å². The second-order valence-corrected chi connectivity index (χ2v) is 7.82. The highest BCUT2D eigenvalue weighted by molar-refractivity contribution is 9.11. The Bertz CT molecular complexity index is 836. The van der Waals surface area contributed by atoms with Crippen molar-refractivity contribution in [2.45, 2.75) is 13.0 Å². The summed E-state index contributed by atoms with van der Waals surface area (Å²) in [6.07, 6.45) is 0. The van der Waals surface area contributed by atoms with Crippen LogP contribution in [0.2, 0.25) is 0 Å². The molecule has 2 aromatic heterocycles. The van der Waals surface area contributed by atoms with E-state index in [4.69, 9.17) is 0 Å². The zero-order chi connectivity index (χ0) is 15.0. The number of fused-ring (bicyclic) bond motifs is 1. The van der Waals surface area contributed by atoms with E-state index in [1.807, 2.05) is 12.1 Å². The van der Waals surface area contributed by atoms with Crippen molar-refractivity contribution in [1.82, 2.24) is 15.3 Å². The summed E-state index contributed by atoms with van der Waals surface area (Å²) in [5.41, 5.74) is 3.73. The summed E-state index contributed by atoms with van der Waals surface area (Å²) in [7, 11) is 0. The van der Waals surface area contributed by atoms with Gasteiger partial charge in [-0.25, -0.2) is 4.79 Å². The van der Waals surface area contributed by atoms with Crippen molar-refractivity contribution in [2.24, 2.45) is 0 Å². The van der Waals surface area contributed by atoms with Gasteiger partial charge in [0.25, 0.3) is 0 Å². The summed E-state index contributed by atoms with van der Waals surface area (Å²) in [4.78, 5) is 17.0. The van der Waals surface area contributed by atoms with Gasteiger partial charge < -0.3 is 15.3 Å². The highest BCUT2D eigenvalue weighted by Gasteiger charge is 2.18. The molecule has 4 nitrogen and oxygen atoms in total. The van der Waals surface area contributed by atoms with E-state index in [0.29, 0.717) is 0 Å². The van der Waals surface area contributed by atoms with Gasteiger partial charge in [0.1, 0.15) is 0 Å². The average molecular weight is 431 g/mol. The summed E-state index contributed by atoms with van der Waals surface area (Å²) in [5, 5.41) is 5.63. The number of hydrogen-bond donors (Lipinski definition) is 3. The summed E-state index contributed by atoms with van der Waals surface area (Å²) in [6, 6.07) is 6.15. The topological polar surface area (TPSA) is 60.7 Å². The van der Waals surface area contributed by atoms with E-state index < -0.39 is 0 Å². The fraction of sp³-hybridized carbons (Fsp3) is 0.214. The molecule has 0 saturated carbocycles. The lowest BCUT2D eigenvalue weighted by Gasteiger charge is -2.19. The first-order valence-electron chi connectivity index (χ1n) is 6.47. The molecule has 7 heteroatoms. The van der Waals surface area contributed by atoms with E-state index >= 15 is 0 Å². The second kappa shape index (κ2) is 6.08. The number of rotatable bonds is 4. The van der Waals surface area contributed by atoms with E-state index in [0.717, 1.165) is 31.4 Å². The van der Waals surface area contributed by atoms with Crippen LogP contribution in [0.1, 0.15) is 24.1 Å². The third-order valence-electron chi connectivity index (χ3n) is 3.27.